The molecule has 1 aromatic carbocycles. The molecule has 1 aromatic heterocycles. The van der Waals surface area contributed by atoms with Gasteiger partial charge < -0.3 is 84.5 Å². The summed E-state index contributed by atoms with van der Waals surface area (Å²) >= 11 is 1.04. The van der Waals surface area contributed by atoms with Gasteiger partial charge in [0.15, 0.2) is 5.96 Å². The Morgan fingerprint density at radius 3 is 2.11 bits per heavy atom. The van der Waals surface area contributed by atoms with Crippen LogP contribution in [0, 0.1) is 11.3 Å². The number of amides is 9. The summed E-state index contributed by atoms with van der Waals surface area (Å²) in [7, 11) is 3.12. The zero-order valence-electron chi connectivity index (χ0n) is 43.5. The highest BCUT2D eigenvalue weighted by Gasteiger charge is 2.37. The molecule has 2 aromatic rings. The lowest BCUT2D eigenvalue weighted by molar-refractivity contribution is -0.142. The van der Waals surface area contributed by atoms with Gasteiger partial charge in [0.2, 0.25) is 53.2 Å². The van der Waals surface area contributed by atoms with Crippen molar-refractivity contribution in [3.63, 3.8) is 0 Å². The van der Waals surface area contributed by atoms with Crippen molar-refractivity contribution in [1.29, 1.82) is 5.41 Å². The van der Waals surface area contributed by atoms with Crippen LogP contribution < -0.4 is 59.7 Å². The first-order valence-electron chi connectivity index (χ1n) is 25.0. The number of thioether (sulfide) groups is 1. The molecule has 0 saturated carbocycles. The van der Waals surface area contributed by atoms with Gasteiger partial charge in [0.25, 0.3) is 0 Å². The molecule has 0 bridgehead atoms. The molecule has 1 aliphatic rings. The normalized spacial score (nSPS) is 22.0. The number of para-hydroxylation sites is 1. The lowest BCUT2D eigenvalue weighted by Crippen LogP contribution is -2.62. The zero-order valence-corrected chi connectivity index (χ0v) is 44.3. The molecule has 28 heteroatoms. The monoisotopic (exact) mass is 1090 g/mol. The highest BCUT2D eigenvalue weighted by atomic mass is 32.2. The Bertz CT molecular complexity index is 2390. The van der Waals surface area contributed by atoms with E-state index in [9.17, 15) is 63.3 Å². The van der Waals surface area contributed by atoms with E-state index >= 15 is 0 Å². The van der Waals surface area contributed by atoms with Crippen LogP contribution in [0.3, 0.4) is 0 Å². The van der Waals surface area contributed by atoms with E-state index in [1.54, 1.807) is 33.2 Å². The third-order valence-corrected chi connectivity index (χ3v) is 13.4. The van der Waals surface area contributed by atoms with Crippen molar-refractivity contribution in [3.05, 3.63) is 36.0 Å². The summed E-state index contributed by atoms with van der Waals surface area (Å²) < 4.78 is 1.84. The van der Waals surface area contributed by atoms with Crippen LogP contribution in [0.25, 0.3) is 10.9 Å². The molecular formula is C48H76N14O13S. The molecule has 3 rings (SSSR count). The summed E-state index contributed by atoms with van der Waals surface area (Å²) in [5.41, 5.74) is 18.2. The number of aliphatic hydroxyl groups excluding tert-OH is 2. The molecule has 422 valence electrons. The molecule has 9 amide bonds. The number of hydrogen-bond donors (Lipinski definition) is 15. The van der Waals surface area contributed by atoms with E-state index in [1.165, 1.54) is 7.05 Å². The molecule has 1 fully saturated rings. The number of aromatic nitrogens is 1. The Kier molecular flexibility index (Phi) is 25.9. The second kappa shape index (κ2) is 31.1. The van der Waals surface area contributed by atoms with Crippen LogP contribution in [0.4, 0.5) is 0 Å². The maximum absolute atomic E-state index is 14.7. The number of carbonyl (C=O) groups excluding carboxylic acids is 9. The first-order chi connectivity index (χ1) is 35.9. The lowest BCUT2D eigenvalue weighted by atomic mass is 10.0. The van der Waals surface area contributed by atoms with E-state index in [-0.39, 0.29) is 68.5 Å². The number of carboxylic acids is 1. The minimum Gasteiger partial charge on any atom is -0.481 e. The van der Waals surface area contributed by atoms with Gasteiger partial charge in [-0.1, -0.05) is 32.0 Å². The molecule has 0 spiro atoms. The molecule has 0 aliphatic carbocycles. The highest BCUT2D eigenvalue weighted by molar-refractivity contribution is 7.99. The van der Waals surface area contributed by atoms with E-state index < -0.39 is 127 Å². The minimum atomic E-state index is -1.96. The van der Waals surface area contributed by atoms with E-state index in [1.807, 2.05) is 22.8 Å². The number of aliphatic hydroxyl groups is 2. The number of aliphatic carboxylic acids is 1. The number of aryl methyl sites for hydroxylation is 1. The van der Waals surface area contributed by atoms with Gasteiger partial charge in [-0.3, -0.25) is 53.4 Å². The van der Waals surface area contributed by atoms with Crippen molar-refractivity contribution in [1.82, 2.24) is 52.0 Å². The van der Waals surface area contributed by atoms with Crippen molar-refractivity contribution in [2.75, 3.05) is 38.2 Å². The van der Waals surface area contributed by atoms with Crippen LogP contribution in [0.1, 0.15) is 77.7 Å². The number of hydrogen-bond acceptors (Lipinski definition) is 15. The number of carbonyl (C=O) groups is 10. The molecule has 1 saturated heterocycles. The number of rotatable bonds is 21. The Balaban J connectivity index is 2.14. The number of nitrogens with zero attached hydrogens (tertiary/aromatic N) is 2. The Morgan fingerprint density at radius 2 is 1.49 bits per heavy atom. The summed E-state index contributed by atoms with van der Waals surface area (Å²) in [5.74, 6) is -11.1. The summed E-state index contributed by atoms with van der Waals surface area (Å²) in [5, 5.41) is 58.8. The fourth-order valence-corrected chi connectivity index (χ4v) is 9.22. The van der Waals surface area contributed by atoms with Crippen molar-refractivity contribution < 1.29 is 63.3 Å². The number of nitrogens with two attached hydrogens (primary N) is 3. The molecule has 27 nitrogen and oxygen atoms in total. The van der Waals surface area contributed by atoms with Crippen molar-refractivity contribution in [2.45, 2.75) is 133 Å². The molecular weight excluding hydrogens is 1010 g/mol. The third-order valence-electron chi connectivity index (χ3n) is 12.4. The maximum Gasteiger partial charge on any atom is 0.305 e. The van der Waals surface area contributed by atoms with E-state index in [4.69, 9.17) is 22.6 Å². The number of fused-ring (bicyclic) bond motifs is 1. The first-order valence-corrected chi connectivity index (χ1v) is 26.1. The van der Waals surface area contributed by atoms with Crippen molar-refractivity contribution >= 4 is 87.8 Å². The summed E-state index contributed by atoms with van der Waals surface area (Å²) in [6, 6.07) is -5.07. The SMILES string of the molecule is CC(C)C[C@@H]1NC(=O)[C@H]([C@@H](C)O)NC(=O)[C@H](CC(=O)O)NC(=O)[C@H](CO)NC(=O)[C@H](CCCNC(=N)N)N(C)C(=O)CCSC[C@@H](C(=O)N[C@@H](Cc2cn(C)c3ccccc23)C(=O)N[C@@H](CCCCN)C(N)=O)NC1=O. The Morgan fingerprint density at radius 1 is 0.842 bits per heavy atom. The van der Waals surface area contributed by atoms with Gasteiger partial charge in [0, 0.05) is 62.1 Å². The second-order valence-electron chi connectivity index (χ2n) is 19.0. The Labute approximate surface area is 444 Å². The van der Waals surface area contributed by atoms with Gasteiger partial charge in [-0.05, 0) is 69.5 Å². The second-order valence-corrected chi connectivity index (χ2v) is 20.2. The van der Waals surface area contributed by atoms with Gasteiger partial charge in [-0.15, -0.1) is 0 Å². The zero-order chi connectivity index (χ0) is 56.8. The number of unbranched alkanes of at least 4 members (excludes halogenated alkanes) is 1. The molecule has 0 radical (unpaired) electrons. The quantitative estimate of drug-likeness (QED) is 0.0321. The molecule has 2 heterocycles. The maximum atomic E-state index is 14.7. The summed E-state index contributed by atoms with van der Waals surface area (Å²) in [6.07, 6.45) is -0.178. The molecule has 9 atom stereocenters. The van der Waals surface area contributed by atoms with Gasteiger partial charge in [0.1, 0.15) is 48.3 Å². The molecule has 76 heavy (non-hydrogen) atoms. The average molecular weight is 1090 g/mol. The molecule has 0 unspecified atom stereocenters. The average Bonchev–Trinajstić information content (AvgIpc) is 3.67. The minimum absolute atomic E-state index is 0.0133. The van der Waals surface area contributed by atoms with Crippen LogP contribution in [0.5, 0.6) is 0 Å². The number of guanidine groups is 1. The predicted molar refractivity (Wildman–Crippen MR) is 280 cm³/mol. The van der Waals surface area contributed by atoms with Crippen molar-refractivity contribution in [3.8, 4) is 0 Å². The van der Waals surface area contributed by atoms with Gasteiger partial charge >= 0.3 is 5.97 Å². The highest BCUT2D eigenvalue weighted by Crippen LogP contribution is 2.22. The number of nitrogens with one attached hydrogen (secondary N) is 9. The number of benzene rings is 1. The van der Waals surface area contributed by atoms with E-state index in [2.05, 4.69) is 42.5 Å². The largest absolute Gasteiger partial charge is 0.481 e. The van der Waals surface area contributed by atoms with Crippen LogP contribution >= 0.6 is 11.8 Å². The number of primary amides is 1. The van der Waals surface area contributed by atoms with E-state index in [0.717, 1.165) is 34.5 Å². The topological polar surface area (TPSA) is 438 Å². The van der Waals surface area contributed by atoms with Crippen LogP contribution in [-0.4, -0.2) is 183 Å². The fraction of sp³-hybridized carbons (Fsp3) is 0.604. The fourth-order valence-electron chi connectivity index (χ4n) is 8.27. The molecule has 1 aliphatic heterocycles. The van der Waals surface area contributed by atoms with Crippen LogP contribution in [-0.2, 0) is 61.4 Å². The van der Waals surface area contributed by atoms with Crippen LogP contribution in [0.2, 0.25) is 0 Å². The van der Waals surface area contributed by atoms with Gasteiger partial charge in [-0.25, -0.2) is 0 Å². The smallest absolute Gasteiger partial charge is 0.305 e. The van der Waals surface area contributed by atoms with Gasteiger partial charge in [0.05, 0.1) is 19.1 Å². The van der Waals surface area contributed by atoms with Crippen molar-refractivity contribution in [2.24, 2.45) is 30.2 Å². The van der Waals surface area contributed by atoms with E-state index in [0.29, 0.717) is 24.9 Å². The lowest BCUT2D eigenvalue weighted by Gasteiger charge is -2.30. The summed E-state index contributed by atoms with van der Waals surface area (Å²) in [4.78, 5) is 138. The standard InChI is InChI=1S/C48H76N14O13S/c1-25(2)19-30-41(69)59-34(45(73)55-31(42(70)54-29(40(50)68)12-8-9-16-49)20-27-22-61(4)35-13-7-6-11-28(27)35)24-76-18-15-37(65)62(5)36(14-10-17-53-48(51)52)46(74)58-33(23-63)44(72)56-32(21-38(66)67)43(71)60-39(26(3)64)47(75)57-30/h6-7,11,13,22,25-26,29-34,36,39,63-64H,8-10,12,14-21,23-24,49H2,1-5H3,(H2,50,68)(H,54,70)(H,55,73)(H,56,72)(H,57,75)(H,58,74)(H,59,69)(H,60,71)(H,66,67)(H4,51,52,53)/t26-,29+,30+,31+,32+,33+,34+,36+,39+/m1/s1. The first kappa shape index (κ1) is 63.3. The molecule has 18 N–H and O–H groups in total. The van der Waals surface area contributed by atoms with Gasteiger partial charge in [-0.2, -0.15) is 11.8 Å². The number of likely N-dealkylation sites (N-methyl/N-ethyl adjacent to an activating group) is 1. The predicted octanol–water partition coefficient (Wildman–Crippen LogP) is -4.15. The number of carboxylic acid groups (broad SMARTS) is 1. The Hall–Kier alpha value is -7.04. The summed E-state index contributed by atoms with van der Waals surface area (Å²) in [6.45, 7) is 3.94. The third kappa shape index (κ3) is 19.9. The van der Waals surface area contributed by atoms with Crippen LogP contribution in [0.15, 0.2) is 30.5 Å².